The van der Waals surface area contributed by atoms with Gasteiger partial charge in [-0.15, -0.1) is 0 Å². The fraction of sp³-hybridized carbons (Fsp3) is 0.400. The van der Waals surface area contributed by atoms with Gasteiger partial charge in [0.15, 0.2) is 0 Å². The highest BCUT2D eigenvalue weighted by molar-refractivity contribution is 5.78. The Morgan fingerprint density at radius 2 is 2.10 bits per heavy atom. The van der Waals surface area contributed by atoms with Gasteiger partial charge in [0.25, 0.3) is 0 Å². The number of fused-ring (bicyclic) bond motifs is 1. The highest BCUT2D eigenvalue weighted by atomic mass is 16.5. The number of aliphatic carboxylic acids is 1. The first-order chi connectivity index (χ1) is 10.2. The molecule has 0 amide bonds. The van der Waals surface area contributed by atoms with Gasteiger partial charge >= 0.3 is 5.97 Å². The van der Waals surface area contributed by atoms with Gasteiger partial charge in [0.05, 0.1) is 11.6 Å². The molecule has 6 heteroatoms. The molecule has 3 rings (SSSR count). The summed E-state index contributed by atoms with van der Waals surface area (Å²) in [6.45, 7) is 1.34. The Hall–Kier alpha value is -2.21. The highest BCUT2D eigenvalue weighted by Gasteiger charge is 2.22. The van der Waals surface area contributed by atoms with E-state index in [-0.39, 0.29) is 12.7 Å². The lowest BCUT2D eigenvalue weighted by molar-refractivity contribution is -0.144. The van der Waals surface area contributed by atoms with E-state index in [1.807, 2.05) is 30.5 Å². The van der Waals surface area contributed by atoms with E-state index in [9.17, 15) is 4.79 Å². The van der Waals surface area contributed by atoms with Gasteiger partial charge in [0, 0.05) is 24.7 Å². The maximum absolute atomic E-state index is 10.5. The van der Waals surface area contributed by atoms with Crippen LogP contribution in [0, 0.1) is 0 Å². The predicted molar refractivity (Wildman–Crippen MR) is 78.4 cm³/mol. The average Bonchev–Trinajstić information content (AvgIpc) is 2.53. The minimum atomic E-state index is -0.921. The fourth-order valence-electron chi connectivity index (χ4n) is 2.53. The molecule has 1 fully saturated rings. The van der Waals surface area contributed by atoms with Crippen molar-refractivity contribution in [1.29, 1.82) is 0 Å². The van der Waals surface area contributed by atoms with E-state index in [4.69, 9.17) is 9.84 Å². The van der Waals surface area contributed by atoms with Crippen LogP contribution in [0.15, 0.2) is 30.5 Å². The van der Waals surface area contributed by atoms with Gasteiger partial charge in [-0.05, 0) is 18.9 Å². The Morgan fingerprint density at radius 1 is 1.33 bits per heavy atom. The number of piperidine rings is 1. The van der Waals surface area contributed by atoms with Gasteiger partial charge in [0.1, 0.15) is 6.61 Å². The van der Waals surface area contributed by atoms with Crippen LogP contribution >= 0.6 is 0 Å². The average molecular weight is 287 g/mol. The SMILES string of the molecule is O=C(O)COC1CCN(c2ncc3ccccc3n2)CC1. The standard InChI is InChI=1S/C15H17N3O3/c19-14(20)10-21-12-5-7-18(8-6-12)15-16-9-11-3-1-2-4-13(11)17-15/h1-4,9,12H,5-8,10H2,(H,19,20). The molecular formula is C15H17N3O3. The normalized spacial score (nSPS) is 16.3. The quantitative estimate of drug-likeness (QED) is 0.922. The van der Waals surface area contributed by atoms with Crippen LogP contribution in [0.25, 0.3) is 10.9 Å². The zero-order chi connectivity index (χ0) is 14.7. The second-order valence-corrected chi connectivity index (χ2v) is 5.12. The zero-order valence-electron chi connectivity index (χ0n) is 11.6. The lowest BCUT2D eigenvalue weighted by atomic mass is 10.1. The summed E-state index contributed by atoms with van der Waals surface area (Å²) in [5, 5.41) is 9.65. The molecule has 21 heavy (non-hydrogen) atoms. The maximum atomic E-state index is 10.5. The van der Waals surface area contributed by atoms with Gasteiger partial charge < -0.3 is 14.7 Å². The third kappa shape index (κ3) is 3.28. The van der Waals surface area contributed by atoms with Crippen molar-refractivity contribution in [3.05, 3.63) is 30.5 Å². The van der Waals surface area contributed by atoms with Crippen LogP contribution < -0.4 is 4.90 Å². The van der Waals surface area contributed by atoms with Crippen LogP contribution in [0.3, 0.4) is 0 Å². The minimum absolute atomic E-state index is 0.0119. The molecule has 1 N–H and O–H groups in total. The van der Waals surface area contributed by atoms with E-state index < -0.39 is 5.97 Å². The summed E-state index contributed by atoms with van der Waals surface area (Å²) in [5.74, 6) is -0.194. The minimum Gasteiger partial charge on any atom is -0.480 e. The second kappa shape index (κ2) is 6.05. The number of benzene rings is 1. The Labute approximate surface area is 122 Å². The van der Waals surface area contributed by atoms with E-state index in [1.165, 1.54) is 0 Å². The lowest BCUT2D eigenvalue weighted by Crippen LogP contribution is -2.38. The molecule has 2 heterocycles. The number of para-hydroxylation sites is 1. The van der Waals surface area contributed by atoms with Gasteiger partial charge in [0.2, 0.25) is 5.95 Å². The lowest BCUT2D eigenvalue weighted by Gasteiger charge is -2.31. The van der Waals surface area contributed by atoms with Gasteiger partial charge in [-0.25, -0.2) is 14.8 Å². The van der Waals surface area contributed by atoms with Crippen LogP contribution in [0.5, 0.6) is 0 Å². The van der Waals surface area contributed by atoms with Crippen LogP contribution in [0.4, 0.5) is 5.95 Å². The van der Waals surface area contributed by atoms with E-state index in [2.05, 4.69) is 14.9 Å². The monoisotopic (exact) mass is 287 g/mol. The van der Waals surface area contributed by atoms with Crippen molar-refractivity contribution in [1.82, 2.24) is 9.97 Å². The van der Waals surface area contributed by atoms with E-state index in [1.54, 1.807) is 0 Å². The third-order valence-electron chi connectivity index (χ3n) is 3.64. The fourth-order valence-corrected chi connectivity index (χ4v) is 2.53. The van der Waals surface area contributed by atoms with Crippen molar-refractivity contribution in [3.8, 4) is 0 Å². The first kappa shape index (κ1) is 13.8. The molecule has 110 valence electrons. The van der Waals surface area contributed by atoms with Crippen molar-refractivity contribution in [3.63, 3.8) is 0 Å². The number of hydrogen-bond donors (Lipinski definition) is 1. The third-order valence-corrected chi connectivity index (χ3v) is 3.64. The number of rotatable bonds is 4. The number of carboxylic acids is 1. The predicted octanol–water partition coefficient (Wildman–Crippen LogP) is 1.70. The van der Waals surface area contributed by atoms with Crippen molar-refractivity contribution in [2.75, 3.05) is 24.6 Å². The molecule has 0 atom stereocenters. The van der Waals surface area contributed by atoms with E-state index in [0.717, 1.165) is 42.8 Å². The molecule has 0 aliphatic carbocycles. The second-order valence-electron chi connectivity index (χ2n) is 5.12. The molecule has 0 unspecified atom stereocenters. The van der Waals surface area contributed by atoms with Crippen molar-refractivity contribution in [2.45, 2.75) is 18.9 Å². The highest BCUT2D eigenvalue weighted by Crippen LogP contribution is 2.20. The summed E-state index contributed by atoms with van der Waals surface area (Å²) in [6.07, 6.45) is 3.44. The van der Waals surface area contributed by atoms with Crippen LogP contribution in [0.2, 0.25) is 0 Å². The van der Waals surface area contributed by atoms with Gasteiger partial charge in [-0.3, -0.25) is 0 Å². The molecule has 6 nitrogen and oxygen atoms in total. The smallest absolute Gasteiger partial charge is 0.329 e. The van der Waals surface area contributed by atoms with Crippen molar-refractivity contribution in [2.24, 2.45) is 0 Å². The van der Waals surface area contributed by atoms with Crippen molar-refractivity contribution < 1.29 is 14.6 Å². The summed E-state index contributed by atoms with van der Waals surface area (Å²) in [5.41, 5.74) is 0.937. The Balaban J connectivity index is 1.64. The summed E-state index contributed by atoms with van der Waals surface area (Å²) < 4.78 is 5.33. The summed E-state index contributed by atoms with van der Waals surface area (Å²) in [4.78, 5) is 21.6. The zero-order valence-corrected chi connectivity index (χ0v) is 11.6. The summed E-state index contributed by atoms with van der Waals surface area (Å²) in [6, 6.07) is 7.90. The molecular weight excluding hydrogens is 270 g/mol. The number of nitrogens with zero attached hydrogens (tertiary/aromatic N) is 3. The molecule has 0 radical (unpaired) electrons. The summed E-state index contributed by atoms with van der Waals surface area (Å²) >= 11 is 0. The largest absolute Gasteiger partial charge is 0.480 e. The number of ether oxygens (including phenoxy) is 1. The van der Waals surface area contributed by atoms with Crippen LogP contribution in [0.1, 0.15) is 12.8 Å². The van der Waals surface area contributed by atoms with Crippen LogP contribution in [-0.2, 0) is 9.53 Å². The Morgan fingerprint density at radius 3 is 2.86 bits per heavy atom. The molecule has 1 aliphatic rings. The number of hydrogen-bond acceptors (Lipinski definition) is 5. The molecule has 2 aromatic rings. The van der Waals surface area contributed by atoms with E-state index in [0.29, 0.717) is 0 Å². The molecule has 0 spiro atoms. The Kier molecular flexibility index (Phi) is 3.96. The first-order valence-corrected chi connectivity index (χ1v) is 7.02. The van der Waals surface area contributed by atoms with E-state index >= 15 is 0 Å². The number of aromatic nitrogens is 2. The summed E-state index contributed by atoms with van der Waals surface area (Å²) in [7, 11) is 0. The molecule has 1 aromatic carbocycles. The topological polar surface area (TPSA) is 75.6 Å². The number of carbonyl (C=O) groups is 1. The van der Waals surface area contributed by atoms with Gasteiger partial charge in [-0.1, -0.05) is 18.2 Å². The molecule has 1 aliphatic heterocycles. The number of carboxylic acid groups (broad SMARTS) is 1. The number of anilines is 1. The Bertz CT molecular complexity index is 639. The maximum Gasteiger partial charge on any atom is 0.329 e. The molecule has 1 saturated heterocycles. The van der Waals surface area contributed by atoms with Crippen LogP contribution in [-0.4, -0.2) is 46.8 Å². The molecule has 0 bridgehead atoms. The first-order valence-electron chi connectivity index (χ1n) is 7.02. The molecule has 0 saturated carbocycles. The van der Waals surface area contributed by atoms with Gasteiger partial charge in [-0.2, -0.15) is 0 Å². The molecule has 1 aromatic heterocycles. The van der Waals surface area contributed by atoms with Crippen molar-refractivity contribution >= 4 is 22.8 Å².